The number of carbonyl (C=O) groups excluding carboxylic acids is 2. The first-order valence-corrected chi connectivity index (χ1v) is 13.5. The van der Waals surface area contributed by atoms with Gasteiger partial charge in [-0.2, -0.15) is 28.1 Å². The van der Waals surface area contributed by atoms with Gasteiger partial charge in [0, 0.05) is 24.7 Å². The van der Waals surface area contributed by atoms with Crippen LogP contribution in [0.15, 0.2) is 36.4 Å². The molecule has 3 rings (SSSR count). The predicted octanol–water partition coefficient (Wildman–Crippen LogP) is 6.56. The summed E-state index contributed by atoms with van der Waals surface area (Å²) in [5.74, 6) is -1.36. The lowest BCUT2D eigenvalue weighted by Crippen LogP contribution is -2.17. The van der Waals surface area contributed by atoms with Crippen molar-refractivity contribution in [2.45, 2.75) is 39.9 Å². The topological polar surface area (TPSA) is 168 Å². The molecule has 0 saturated carbocycles. The van der Waals surface area contributed by atoms with Gasteiger partial charge in [-0.25, -0.2) is 9.59 Å². The van der Waals surface area contributed by atoms with Crippen LogP contribution < -0.4 is 15.4 Å². The van der Waals surface area contributed by atoms with Gasteiger partial charge in [-0.05, 0) is 63.6 Å². The van der Waals surface area contributed by atoms with E-state index in [0.29, 0.717) is 18.0 Å². The predicted molar refractivity (Wildman–Crippen MR) is 154 cm³/mol. The quantitative estimate of drug-likeness (QED) is 0.129. The number of anilines is 2. The monoisotopic (exact) mass is 662 g/mol. The molecule has 0 radical (unpaired) electrons. The summed E-state index contributed by atoms with van der Waals surface area (Å²) in [5.41, 5.74) is -2.16. The molecule has 3 aromatic rings. The van der Waals surface area contributed by atoms with Gasteiger partial charge in [0.1, 0.15) is 17.1 Å². The number of nitro benzene ring substituents is 1. The van der Waals surface area contributed by atoms with Crippen molar-refractivity contribution in [1.82, 2.24) is 15.0 Å². The van der Waals surface area contributed by atoms with Gasteiger partial charge in [0.05, 0.1) is 22.1 Å². The molecule has 238 valence electrons. The lowest BCUT2D eigenvalue weighted by atomic mass is 10.1. The second-order valence-electron chi connectivity index (χ2n) is 8.64. The Morgan fingerprint density at radius 1 is 1.02 bits per heavy atom. The van der Waals surface area contributed by atoms with Crippen LogP contribution in [0.1, 0.15) is 43.6 Å². The molecule has 2 aromatic carbocycles. The maximum atomic E-state index is 12.7. The highest BCUT2D eigenvalue weighted by Crippen LogP contribution is 2.37. The van der Waals surface area contributed by atoms with Gasteiger partial charge < -0.3 is 24.8 Å². The van der Waals surface area contributed by atoms with Gasteiger partial charge in [0.25, 0.3) is 5.69 Å². The van der Waals surface area contributed by atoms with Gasteiger partial charge in [-0.15, -0.1) is 0 Å². The summed E-state index contributed by atoms with van der Waals surface area (Å²) in [5, 5.41) is 17.0. The molecule has 0 aliphatic rings. The second-order valence-corrected chi connectivity index (χ2v) is 9.39. The molecule has 0 unspecified atom stereocenters. The molecule has 44 heavy (non-hydrogen) atoms. The summed E-state index contributed by atoms with van der Waals surface area (Å²) in [6.45, 7) is 7.55. The third-order valence-electron chi connectivity index (χ3n) is 4.86. The van der Waals surface area contributed by atoms with Crippen LogP contribution in [0.5, 0.6) is 11.5 Å². The average molecular weight is 663 g/mol. The van der Waals surface area contributed by atoms with Crippen LogP contribution in [0.4, 0.5) is 30.8 Å². The summed E-state index contributed by atoms with van der Waals surface area (Å²) >= 11 is 11.5. The summed E-state index contributed by atoms with van der Waals surface area (Å²) in [6.07, 6.45) is -4.61. The van der Waals surface area contributed by atoms with Crippen molar-refractivity contribution in [3.8, 4) is 11.5 Å². The number of rotatable bonds is 11. The third-order valence-corrected chi connectivity index (χ3v) is 5.32. The van der Waals surface area contributed by atoms with Crippen molar-refractivity contribution in [1.29, 1.82) is 0 Å². The summed E-state index contributed by atoms with van der Waals surface area (Å²) in [4.78, 5) is 45.8. The van der Waals surface area contributed by atoms with Crippen molar-refractivity contribution in [2.24, 2.45) is 0 Å². The number of carbonyl (C=O) groups is 2. The number of esters is 2. The lowest BCUT2D eigenvalue weighted by molar-refractivity contribution is -0.385. The molecule has 0 atom stereocenters. The van der Waals surface area contributed by atoms with E-state index in [1.54, 1.807) is 0 Å². The van der Waals surface area contributed by atoms with E-state index in [1.165, 1.54) is 6.92 Å². The highest BCUT2D eigenvalue weighted by Gasteiger charge is 2.31. The molecule has 0 fully saturated rings. The normalized spacial score (nSPS) is 10.8. The number of ether oxygens (including phenoxy) is 3. The first-order valence-electron chi connectivity index (χ1n) is 12.7. The molecule has 0 amide bonds. The van der Waals surface area contributed by atoms with Crippen LogP contribution in [-0.4, -0.2) is 57.6 Å². The number of nitrogens with one attached hydrogen (secondary N) is 2. The maximum absolute atomic E-state index is 12.7. The van der Waals surface area contributed by atoms with Crippen molar-refractivity contribution in [2.75, 3.05) is 30.4 Å². The number of nitrogens with zero attached hydrogens (tertiary/aromatic N) is 4. The maximum Gasteiger partial charge on any atom is 0.416 e. The van der Waals surface area contributed by atoms with Crippen molar-refractivity contribution < 1.29 is 41.9 Å². The standard InChI is InChI=1S/C18H13ClF3NO7.C8H14ClN5/c1-2-28-16(24)9-29-17(25)12-8-11(4-5-14(12)23(26)27)30-15-6-3-10(7-13(15)19)18(20,21)22;1-4-10-7-12-6(9)13-8(14-7)11-5(2)3/h3-8H,2,9H2,1H3;5H,4H2,1-3H3,(H2,10,11,12,13,14). The molecule has 2 N–H and O–H groups in total. The van der Waals surface area contributed by atoms with E-state index in [9.17, 15) is 32.9 Å². The molecule has 0 bridgehead atoms. The van der Waals surface area contributed by atoms with Gasteiger partial charge in [-0.3, -0.25) is 10.1 Å². The van der Waals surface area contributed by atoms with E-state index in [-0.39, 0.29) is 34.5 Å². The summed E-state index contributed by atoms with van der Waals surface area (Å²) in [6, 6.07) is 5.62. The first kappa shape index (κ1) is 35.8. The van der Waals surface area contributed by atoms with Crippen LogP contribution in [-0.2, 0) is 20.4 Å². The highest BCUT2D eigenvalue weighted by atomic mass is 35.5. The largest absolute Gasteiger partial charge is 0.463 e. The zero-order valence-corrected chi connectivity index (χ0v) is 25.2. The van der Waals surface area contributed by atoms with Crippen molar-refractivity contribution in [3.63, 3.8) is 0 Å². The third kappa shape index (κ3) is 11.3. The molecule has 13 nitrogen and oxygen atoms in total. The summed E-state index contributed by atoms with van der Waals surface area (Å²) < 4.78 is 52.8. The number of halogens is 5. The Labute approximate surface area is 259 Å². The van der Waals surface area contributed by atoms with E-state index in [4.69, 9.17) is 32.7 Å². The van der Waals surface area contributed by atoms with Crippen LogP contribution in [0.3, 0.4) is 0 Å². The Morgan fingerprint density at radius 2 is 1.70 bits per heavy atom. The number of aromatic nitrogens is 3. The number of benzene rings is 2. The number of nitro groups is 1. The minimum absolute atomic E-state index is 0.0493. The van der Waals surface area contributed by atoms with E-state index in [0.717, 1.165) is 36.9 Å². The smallest absolute Gasteiger partial charge is 0.416 e. The fourth-order valence-corrected chi connectivity index (χ4v) is 3.48. The van der Waals surface area contributed by atoms with Gasteiger partial charge in [-0.1, -0.05) is 11.6 Å². The molecule has 0 saturated heterocycles. The van der Waals surface area contributed by atoms with Crippen LogP contribution in [0.2, 0.25) is 10.3 Å². The number of hydrogen-bond acceptors (Lipinski definition) is 12. The molecule has 0 aliphatic heterocycles. The lowest BCUT2D eigenvalue weighted by Gasteiger charge is -2.12. The fraction of sp³-hybridized carbons (Fsp3) is 0.346. The molecule has 0 spiro atoms. The zero-order chi connectivity index (χ0) is 33.0. The zero-order valence-electron chi connectivity index (χ0n) is 23.7. The minimum Gasteiger partial charge on any atom is -0.463 e. The van der Waals surface area contributed by atoms with Crippen LogP contribution in [0, 0.1) is 10.1 Å². The van der Waals surface area contributed by atoms with E-state index >= 15 is 0 Å². The highest BCUT2D eigenvalue weighted by molar-refractivity contribution is 6.32. The Morgan fingerprint density at radius 3 is 2.27 bits per heavy atom. The molecule has 0 aliphatic carbocycles. The Hall–Kier alpha value is -4.44. The van der Waals surface area contributed by atoms with Crippen molar-refractivity contribution >= 4 is 52.7 Å². The number of alkyl halides is 3. The molecule has 1 aromatic heterocycles. The Balaban J connectivity index is 0.000000402. The average Bonchev–Trinajstić information content (AvgIpc) is 2.92. The molecule has 1 heterocycles. The number of hydrogen-bond donors (Lipinski definition) is 2. The van der Waals surface area contributed by atoms with E-state index < -0.39 is 46.5 Å². The molecular weight excluding hydrogens is 636 g/mol. The fourth-order valence-electron chi connectivity index (χ4n) is 3.10. The van der Waals surface area contributed by atoms with Gasteiger partial charge in [0.15, 0.2) is 6.61 Å². The van der Waals surface area contributed by atoms with Crippen LogP contribution in [0.25, 0.3) is 0 Å². The van der Waals surface area contributed by atoms with Gasteiger partial charge in [0.2, 0.25) is 17.2 Å². The van der Waals surface area contributed by atoms with Crippen LogP contribution >= 0.6 is 23.2 Å². The van der Waals surface area contributed by atoms with E-state index in [1.807, 2.05) is 20.8 Å². The molecule has 18 heteroatoms. The molecular formula is C26H27Cl2F3N6O7. The SMILES string of the molecule is CCNc1nc(Cl)nc(NC(C)C)n1.CCOC(=O)COC(=O)c1cc(Oc2ccc(C(F)(F)F)cc2Cl)ccc1[N+](=O)[O-]. The first-order chi connectivity index (χ1) is 20.6. The minimum atomic E-state index is -4.61. The Bertz CT molecular complexity index is 1480. The van der Waals surface area contributed by atoms with E-state index in [2.05, 4.69) is 30.3 Å². The van der Waals surface area contributed by atoms with Crippen molar-refractivity contribution in [3.05, 3.63) is 67.9 Å². The van der Waals surface area contributed by atoms with Gasteiger partial charge >= 0.3 is 18.1 Å². The Kier molecular flexibility index (Phi) is 13.3. The second kappa shape index (κ2) is 16.4. The summed E-state index contributed by atoms with van der Waals surface area (Å²) in [7, 11) is 0.